The molecule has 1 heterocycles. The lowest BCUT2D eigenvalue weighted by molar-refractivity contribution is 0.108. The Morgan fingerprint density at radius 2 is 1.81 bits per heavy atom. The number of nitrogens with zero attached hydrogens (tertiary/aromatic N) is 1. The van der Waals surface area contributed by atoms with Gasteiger partial charge in [-0.2, -0.15) is 0 Å². The van der Waals surface area contributed by atoms with Gasteiger partial charge in [0.2, 0.25) is 0 Å². The van der Waals surface area contributed by atoms with E-state index in [1.54, 1.807) is 0 Å². The summed E-state index contributed by atoms with van der Waals surface area (Å²) in [4.78, 5) is 4.21. The molecule has 2 rings (SSSR count). The predicted octanol–water partition coefficient (Wildman–Crippen LogP) is 6.25. The molecule has 0 spiro atoms. The van der Waals surface area contributed by atoms with Crippen LogP contribution in [0.2, 0.25) is 18.1 Å². The van der Waals surface area contributed by atoms with Crippen molar-refractivity contribution in [2.24, 2.45) is 0 Å². The number of hydrogen-bond donors (Lipinski definition) is 0. The standard InChI is InChI=1S/C21H30BrNO2Si/c1-21(2,3)26(4,5)25-20(11-8-17-7-6-14-23-15-17)16-24-19-12-9-18(22)10-13-19/h6-7,9-10,12-15,20H,8,11,16H2,1-5H3/t20-/m1/s1. The first-order valence-corrected chi connectivity index (χ1v) is 12.8. The molecule has 0 aliphatic rings. The molecule has 1 atom stereocenters. The SMILES string of the molecule is CC(C)(C)[Si](C)(C)O[C@H](CCc1cccnc1)COc1ccc(Br)cc1. The molecule has 0 aliphatic heterocycles. The van der Waals surface area contributed by atoms with Crippen LogP contribution in [-0.2, 0) is 10.8 Å². The molecule has 0 saturated heterocycles. The Morgan fingerprint density at radius 1 is 1.12 bits per heavy atom. The zero-order valence-electron chi connectivity index (χ0n) is 16.5. The molecule has 1 aromatic carbocycles. The molecule has 0 N–H and O–H groups in total. The molecule has 1 aromatic heterocycles. The molecule has 142 valence electrons. The first-order chi connectivity index (χ1) is 12.2. The normalized spacial score (nSPS) is 13.5. The fourth-order valence-corrected chi connectivity index (χ4v) is 4.00. The van der Waals surface area contributed by atoms with Crippen molar-refractivity contribution in [3.8, 4) is 5.75 Å². The quantitative estimate of drug-likeness (QED) is 0.459. The Morgan fingerprint density at radius 3 is 2.38 bits per heavy atom. The highest BCUT2D eigenvalue weighted by molar-refractivity contribution is 9.10. The number of pyridine rings is 1. The van der Waals surface area contributed by atoms with Crippen LogP contribution in [0.4, 0.5) is 0 Å². The second-order valence-corrected chi connectivity index (χ2v) is 13.8. The minimum Gasteiger partial charge on any atom is -0.491 e. The summed E-state index contributed by atoms with van der Waals surface area (Å²) in [6, 6.07) is 12.1. The Hall–Kier alpha value is -1.17. The van der Waals surface area contributed by atoms with E-state index in [1.807, 2.05) is 42.7 Å². The number of ether oxygens (including phenoxy) is 1. The summed E-state index contributed by atoms with van der Waals surface area (Å²) in [5, 5.41) is 0.178. The first-order valence-electron chi connectivity index (χ1n) is 9.12. The second-order valence-electron chi connectivity index (χ2n) is 8.17. The molecule has 0 radical (unpaired) electrons. The maximum Gasteiger partial charge on any atom is 0.192 e. The summed E-state index contributed by atoms with van der Waals surface area (Å²) < 4.78 is 13.7. The van der Waals surface area contributed by atoms with Crippen LogP contribution in [-0.4, -0.2) is 26.0 Å². The van der Waals surface area contributed by atoms with E-state index in [0.29, 0.717) is 6.61 Å². The van der Waals surface area contributed by atoms with Crippen LogP contribution in [0.1, 0.15) is 32.8 Å². The van der Waals surface area contributed by atoms with Crippen molar-refractivity contribution in [3.63, 3.8) is 0 Å². The van der Waals surface area contributed by atoms with E-state index < -0.39 is 8.32 Å². The van der Waals surface area contributed by atoms with Crippen LogP contribution in [0.25, 0.3) is 0 Å². The van der Waals surface area contributed by atoms with Gasteiger partial charge in [-0.3, -0.25) is 4.98 Å². The molecule has 26 heavy (non-hydrogen) atoms. The van der Waals surface area contributed by atoms with E-state index in [-0.39, 0.29) is 11.1 Å². The van der Waals surface area contributed by atoms with Gasteiger partial charge < -0.3 is 9.16 Å². The van der Waals surface area contributed by atoms with Gasteiger partial charge in [-0.15, -0.1) is 0 Å². The van der Waals surface area contributed by atoms with Crippen molar-refractivity contribution < 1.29 is 9.16 Å². The van der Waals surface area contributed by atoms with Gasteiger partial charge in [-0.1, -0.05) is 42.8 Å². The predicted molar refractivity (Wildman–Crippen MR) is 114 cm³/mol. The van der Waals surface area contributed by atoms with Gasteiger partial charge in [-0.05, 0) is 66.9 Å². The molecule has 0 bridgehead atoms. The van der Waals surface area contributed by atoms with Crippen molar-refractivity contribution >= 4 is 24.2 Å². The summed E-state index contributed by atoms with van der Waals surface area (Å²) in [5.41, 5.74) is 1.24. The third-order valence-electron chi connectivity index (χ3n) is 4.99. The van der Waals surface area contributed by atoms with Gasteiger partial charge in [0, 0.05) is 16.9 Å². The molecular weight excluding hydrogens is 406 g/mol. The third-order valence-corrected chi connectivity index (χ3v) is 10.1. The van der Waals surface area contributed by atoms with Gasteiger partial charge >= 0.3 is 0 Å². The molecular formula is C21H30BrNO2Si. The van der Waals surface area contributed by atoms with Crippen LogP contribution in [0.3, 0.4) is 0 Å². The Bertz CT molecular complexity index is 669. The molecule has 5 heteroatoms. The number of aryl methyl sites for hydroxylation is 1. The fraction of sp³-hybridized carbons (Fsp3) is 0.476. The molecule has 3 nitrogen and oxygen atoms in total. The fourth-order valence-electron chi connectivity index (χ4n) is 2.36. The molecule has 0 fully saturated rings. The highest BCUT2D eigenvalue weighted by atomic mass is 79.9. The number of benzene rings is 1. The summed E-state index contributed by atoms with van der Waals surface area (Å²) in [7, 11) is -1.86. The molecule has 0 unspecified atom stereocenters. The molecule has 2 aromatic rings. The lowest BCUT2D eigenvalue weighted by Gasteiger charge is -2.39. The zero-order valence-corrected chi connectivity index (χ0v) is 19.0. The largest absolute Gasteiger partial charge is 0.491 e. The van der Waals surface area contributed by atoms with Crippen LogP contribution in [0.5, 0.6) is 5.75 Å². The minimum atomic E-state index is -1.86. The number of halogens is 1. The number of hydrogen-bond acceptors (Lipinski definition) is 3. The topological polar surface area (TPSA) is 31.4 Å². The van der Waals surface area contributed by atoms with E-state index >= 15 is 0 Å². The van der Waals surface area contributed by atoms with E-state index in [4.69, 9.17) is 9.16 Å². The van der Waals surface area contributed by atoms with Crippen molar-refractivity contribution in [3.05, 3.63) is 58.8 Å². The first kappa shape index (κ1) is 21.1. The average molecular weight is 436 g/mol. The third kappa shape index (κ3) is 6.52. The van der Waals surface area contributed by atoms with Gasteiger partial charge in [-0.25, -0.2) is 0 Å². The second kappa shape index (κ2) is 9.15. The maximum atomic E-state index is 6.65. The Balaban J connectivity index is 2.03. The van der Waals surface area contributed by atoms with Crippen LogP contribution < -0.4 is 4.74 Å². The molecule has 0 aliphatic carbocycles. The summed E-state index contributed by atoms with van der Waals surface area (Å²) in [6.07, 6.45) is 5.67. The van der Waals surface area contributed by atoms with Crippen LogP contribution in [0.15, 0.2) is 53.3 Å². The van der Waals surface area contributed by atoms with Crippen molar-refractivity contribution in [2.75, 3.05) is 6.61 Å². The van der Waals surface area contributed by atoms with Gasteiger partial charge in [0.05, 0.1) is 6.10 Å². The van der Waals surface area contributed by atoms with Gasteiger partial charge in [0.25, 0.3) is 0 Å². The Kier molecular flexibility index (Phi) is 7.44. The summed E-state index contributed by atoms with van der Waals surface area (Å²) in [6.45, 7) is 12.0. The summed E-state index contributed by atoms with van der Waals surface area (Å²) >= 11 is 3.46. The summed E-state index contributed by atoms with van der Waals surface area (Å²) in [5.74, 6) is 0.874. The van der Waals surface area contributed by atoms with E-state index in [2.05, 4.69) is 60.8 Å². The number of aromatic nitrogens is 1. The smallest absolute Gasteiger partial charge is 0.192 e. The highest BCUT2D eigenvalue weighted by Gasteiger charge is 2.39. The maximum absolute atomic E-state index is 6.65. The number of rotatable bonds is 8. The average Bonchev–Trinajstić information content (AvgIpc) is 2.58. The van der Waals surface area contributed by atoms with Crippen molar-refractivity contribution in [2.45, 2.75) is 57.8 Å². The Labute approximate surface area is 167 Å². The zero-order chi connectivity index (χ0) is 19.2. The molecule has 0 amide bonds. The van der Waals surface area contributed by atoms with E-state index in [1.165, 1.54) is 5.56 Å². The van der Waals surface area contributed by atoms with E-state index in [0.717, 1.165) is 23.1 Å². The lowest BCUT2D eigenvalue weighted by Crippen LogP contribution is -2.45. The minimum absolute atomic E-state index is 0.0692. The molecule has 0 saturated carbocycles. The van der Waals surface area contributed by atoms with Gasteiger partial charge in [0.15, 0.2) is 8.32 Å². The van der Waals surface area contributed by atoms with E-state index in [9.17, 15) is 0 Å². The van der Waals surface area contributed by atoms with Crippen molar-refractivity contribution in [1.82, 2.24) is 4.98 Å². The van der Waals surface area contributed by atoms with Crippen LogP contribution >= 0.6 is 15.9 Å². The lowest BCUT2D eigenvalue weighted by atomic mass is 10.1. The van der Waals surface area contributed by atoms with Crippen molar-refractivity contribution in [1.29, 1.82) is 0 Å². The van der Waals surface area contributed by atoms with Crippen LogP contribution in [0, 0.1) is 0 Å². The van der Waals surface area contributed by atoms with Gasteiger partial charge in [0.1, 0.15) is 12.4 Å². The highest BCUT2D eigenvalue weighted by Crippen LogP contribution is 2.37. The monoisotopic (exact) mass is 435 g/mol.